The fourth-order valence-corrected chi connectivity index (χ4v) is 3.88. The van der Waals surface area contributed by atoms with E-state index in [0.717, 1.165) is 15.8 Å². The highest BCUT2D eigenvalue weighted by Gasteiger charge is 2.15. The largest absolute Gasteiger partial charge is 0.310 e. The highest BCUT2D eigenvalue weighted by molar-refractivity contribution is 7.22. The summed E-state index contributed by atoms with van der Waals surface area (Å²) in [6, 6.07) is 15.0. The van der Waals surface area contributed by atoms with Crippen molar-refractivity contribution in [2.45, 2.75) is 13.5 Å². The maximum atomic E-state index is 13.4. The monoisotopic (exact) mass is 393 g/mol. The van der Waals surface area contributed by atoms with Gasteiger partial charge in [-0.1, -0.05) is 29.5 Å². The number of aromatic nitrogens is 2. The smallest absolute Gasteiger partial charge is 0.263 e. The molecule has 0 unspecified atom stereocenters. The molecule has 0 aliphatic heterocycles. The van der Waals surface area contributed by atoms with Crippen molar-refractivity contribution in [1.29, 1.82) is 0 Å². The van der Waals surface area contributed by atoms with Crippen LogP contribution in [0.1, 0.15) is 21.5 Å². The molecule has 2 heterocycles. The quantitative estimate of drug-likeness (QED) is 0.565. The lowest BCUT2D eigenvalue weighted by atomic mass is 10.2. The van der Waals surface area contributed by atoms with Crippen LogP contribution in [0.25, 0.3) is 10.2 Å². The zero-order chi connectivity index (χ0) is 19.7. The van der Waals surface area contributed by atoms with Crippen LogP contribution in [-0.4, -0.2) is 15.5 Å². The molecular formula is C21H16FN3O2S. The summed E-state index contributed by atoms with van der Waals surface area (Å²) < 4.78 is 15.7. The molecule has 0 aliphatic rings. The van der Waals surface area contributed by atoms with E-state index in [1.54, 1.807) is 24.4 Å². The Hall–Kier alpha value is -3.32. The molecule has 1 N–H and O–H groups in total. The minimum Gasteiger partial charge on any atom is -0.310 e. The number of halogens is 1. The number of fused-ring (bicyclic) bond motifs is 1. The van der Waals surface area contributed by atoms with E-state index in [0.29, 0.717) is 10.7 Å². The van der Waals surface area contributed by atoms with Crippen molar-refractivity contribution < 1.29 is 9.18 Å². The van der Waals surface area contributed by atoms with Crippen molar-refractivity contribution >= 4 is 32.6 Å². The summed E-state index contributed by atoms with van der Waals surface area (Å²) in [6.07, 6.45) is 1.57. The first-order chi connectivity index (χ1) is 13.5. The van der Waals surface area contributed by atoms with E-state index in [9.17, 15) is 14.0 Å². The van der Waals surface area contributed by atoms with Gasteiger partial charge in [-0.2, -0.15) is 0 Å². The minimum atomic E-state index is -0.519. The van der Waals surface area contributed by atoms with Crippen LogP contribution in [0.15, 0.2) is 65.6 Å². The van der Waals surface area contributed by atoms with Crippen LogP contribution in [0.4, 0.5) is 9.52 Å². The van der Waals surface area contributed by atoms with Gasteiger partial charge in [0.15, 0.2) is 5.13 Å². The number of aryl methyl sites for hydroxylation is 1. The van der Waals surface area contributed by atoms with E-state index in [1.165, 1.54) is 34.1 Å². The highest BCUT2D eigenvalue weighted by atomic mass is 32.1. The van der Waals surface area contributed by atoms with E-state index < -0.39 is 11.5 Å². The fourth-order valence-electron chi connectivity index (χ4n) is 2.92. The van der Waals surface area contributed by atoms with Gasteiger partial charge in [-0.3, -0.25) is 14.9 Å². The summed E-state index contributed by atoms with van der Waals surface area (Å²) >= 11 is 1.36. The molecule has 7 heteroatoms. The first-order valence-electron chi connectivity index (χ1n) is 8.62. The third-order valence-electron chi connectivity index (χ3n) is 4.27. The molecule has 5 nitrogen and oxygen atoms in total. The predicted molar refractivity (Wildman–Crippen MR) is 109 cm³/mol. The second kappa shape index (κ2) is 7.36. The van der Waals surface area contributed by atoms with Gasteiger partial charge >= 0.3 is 0 Å². The summed E-state index contributed by atoms with van der Waals surface area (Å²) in [7, 11) is 0. The molecule has 2 aromatic carbocycles. The van der Waals surface area contributed by atoms with Crippen LogP contribution >= 0.6 is 11.3 Å². The Morgan fingerprint density at radius 2 is 2.04 bits per heavy atom. The fraction of sp³-hybridized carbons (Fsp3) is 0.0952. The van der Waals surface area contributed by atoms with Crippen LogP contribution in [-0.2, 0) is 6.54 Å². The normalized spacial score (nSPS) is 10.9. The zero-order valence-electron chi connectivity index (χ0n) is 15.0. The van der Waals surface area contributed by atoms with E-state index in [2.05, 4.69) is 10.3 Å². The van der Waals surface area contributed by atoms with Crippen molar-refractivity contribution in [3.05, 3.63) is 93.7 Å². The predicted octanol–water partition coefficient (Wildman–Crippen LogP) is 4.21. The van der Waals surface area contributed by atoms with Gasteiger partial charge in [0.05, 0.1) is 16.8 Å². The van der Waals surface area contributed by atoms with Crippen LogP contribution in [0.5, 0.6) is 0 Å². The molecule has 0 spiro atoms. The number of hydrogen-bond acceptors (Lipinski definition) is 4. The SMILES string of the molecule is Cc1ccc2nc(NC(=O)c3cccn(Cc4cccc(F)c4)c3=O)sc2c1. The number of thiazole rings is 1. The van der Waals surface area contributed by atoms with Gasteiger partial charge in [-0.25, -0.2) is 9.37 Å². The molecule has 0 saturated carbocycles. The van der Waals surface area contributed by atoms with Gasteiger partial charge in [-0.05, 0) is 54.4 Å². The summed E-state index contributed by atoms with van der Waals surface area (Å²) in [6.45, 7) is 2.17. The molecule has 0 fully saturated rings. The molecule has 0 aliphatic carbocycles. The first-order valence-corrected chi connectivity index (χ1v) is 9.44. The number of carbonyl (C=O) groups excluding carboxylic acids is 1. The van der Waals surface area contributed by atoms with Crippen LogP contribution < -0.4 is 10.9 Å². The van der Waals surface area contributed by atoms with Crippen molar-refractivity contribution in [2.75, 3.05) is 5.32 Å². The Bertz CT molecular complexity index is 1250. The number of hydrogen-bond donors (Lipinski definition) is 1. The van der Waals surface area contributed by atoms with Gasteiger partial charge < -0.3 is 4.57 Å². The molecule has 0 bridgehead atoms. The molecule has 0 radical (unpaired) electrons. The minimum absolute atomic E-state index is 0.00865. The third kappa shape index (κ3) is 3.70. The van der Waals surface area contributed by atoms with Gasteiger partial charge in [0.25, 0.3) is 11.5 Å². The summed E-state index contributed by atoms with van der Waals surface area (Å²) in [5.74, 6) is -0.889. The van der Waals surface area contributed by atoms with E-state index in [4.69, 9.17) is 0 Å². The molecule has 1 amide bonds. The van der Waals surface area contributed by atoms with Crippen molar-refractivity contribution in [3.63, 3.8) is 0 Å². The van der Waals surface area contributed by atoms with Crippen molar-refractivity contribution in [1.82, 2.24) is 9.55 Å². The van der Waals surface area contributed by atoms with Crippen molar-refractivity contribution in [2.24, 2.45) is 0 Å². The number of rotatable bonds is 4. The molecule has 28 heavy (non-hydrogen) atoms. The lowest BCUT2D eigenvalue weighted by Gasteiger charge is -2.08. The second-order valence-electron chi connectivity index (χ2n) is 6.43. The summed E-state index contributed by atoms with van der Waals surface area (Å²) in [5, 5.41) is 3.14. The average molecular weight is 393 g/mol. The first kappa shape index (κ1) is 18.1. The Labute approximate surface area is 164 Å². The van der Waals surface area contributed by atoms with E-state index >= 15 is 0 Å². The maximum Gasteiger partial charge on any atom is 0.263 e. The van der Waals surface area contributed by atoms with E-state index in [1.807, 2.05) is 25.1 Å². The van der Waals surface area contributed by atoms with Crippen molar-refractivity contribution in [3.8, 4) is 0 Å². The number of pyridine rings is 1. The average Bonchev–Trinajstić information content (AvgIpc) is 3.04. The topological polar surface area (TPSA) is 64.0 Å². The molecular weight excluding hydrogens is 377 g/mol. The number of nitrogens with one attached hydrogen (secondary N) is 1. The van der Waals surface area contributed by atoms with Gasteiger partial charge in [0, 0.05) is 6.20 Å². The number of anilines is 1. The third-order valence-corrected chi connectivity index (χ3v) is 5.20. The molecule has 4 rings (SSSR count). The highest BCUT2D eigenvalue weighted by Crippen LogP contribution is 2.26. The Kier molecular flexibility index (Phi) is 4.75. The number of amides is 1. The van der Waals surface area contributed by atoms with Crippen LogP contribution in [0, 0.1) is 12.7 Å². The molecule has 140 valence electrons. The molecule has 0 atom stereocenters. The maximum absolute atomic E-state index is 13.4. The van der Waals surface area contributed by atoms with E-state index in [-0.39, 0.29) is 17.9 Å². The van der Waals surface area contributed by atoms with Crippen LogP contribution in [0.3, 0.4) is 0 Å². The van der Waals surface area contributed by atoms with Gasteiger partial charge in [0.1, 0.15) is 11.4 Å². The summed E-state index contributed by atoms with van der Waals surface area (Å²) in [5.41, 5.74) is 2.11. The molecule has 2 aromatic heterocycles. The van der Waals surface area contributed by atoms with Crippen LogP contribution in [0.2, 0.25) is 0 Å². The zero-order valence-corrected chi connectivity index (χ0v) is 15.8. The second-order valence-corrected chi connectivity index (χ2v) is 7.46. The number of carbonyl (C=O) groups is 1. The lowest BCUT2D eigenvalue weighted by Crippen LogP contribution is -2.29. The molecule has 4 aromatic rings. The lowest BCUT2D eigenvalue weighted by molar-refractivity contribution is 0.102. The Morgan fingerprint density at radius 3 is 2.86 bits per heavy atom. The Balaban J connectivity index is 1.59. The number of benzene rings is 2. The Morgan fingerprint density at radius 1 is 1.18 bits per heavy atom. The van der Waals surface area contributed by atoms with Gasteiger partial charge in [0.2, 0.25) is 0 Å². The standard InChI is InChI=1S/C21H16FN3O2S/c1-13-7-8-17-18(10-13)28-21(23-17)24-19(26)16-6-3-9-25(20(16)27)12-14-4-2-5-15(22)11-14/h2-11H,12H2,1H3,(H,23,24,26). The molecule has 0 saturated heterocycles. The number of nitrogens with zero attached hydrogens (tertiary/aromatic N) is 2. The summed E-state index contributed by atoms with van der Waals surface area (Å²) in [4.78, 5) is 29.7. The van der Waals surface area contributed by atoms with Gasteiger partial charge in [-0.15, -0.1) is 0 Å².